The minimum atomic E-state index is -1.45. The molecule has 0 bridgehead atoms. The molecular weight excluding hydrogens is 460 g/mol. The van der Waals surface area contributed by atoms with Gasteiger partial charge in [0.15, 0.2) is 6.10 Å². The van der Waals surface area contributed by atoms with Crippen molar-refractivity contribution in [1.29, 1.82) is 0 Å². The molecule has 3 atom stereocenters. The van der Waals surface area contributed by atoms with Crippen LogP contribution in [0.15, 0.2) is 72.8 Å². The van der Waals surface area contributed by atoms with Gasteiger partial charge in [0.2, 0.25) is 0 Å². The molecule has 0 saturated carbocycles. The van der Waals surface area contributed by atoms with Gasteiger partial charge in [0.25, 0.3) is 0 Å². The molecule has 0 radical (unpaired) electrons. The first-order valence-corrected chi connectivity index (χ1v) is 11.6. The van der Waals surface area contributed by atoms with Crippen LogP contribution >= 0.6 is 0 Å². The Morgan fingerprint density at radius 1 is 0.639 bits per heavy atom. The normalized spacial score (nSPS) is 13.2. The summed E-state index contributed by atoms with van der Waals surface area (Å²) in [4.78, 5) is 37.8. The summed E-state index contributed by atoms with van der Waals surface area (Å²) in [5.74, 6) is -1.98. The van der Waals surface area contributed by atoms with Crippen molar-refractivity contribution >= 4 is 17.9 Å². The summed E-state index contributed by atoms with van der Waals surface area (Å²) < 4.78 is 16.3. The van der Waals surface area contributed by atoms with E-state index in [1.807, 2.05) is 20.8 Å². The number of ether oxygens (including phenoxy) is 3. The fourth-order valence-corrected chi connectivity index (χ4v) is 3.39. The average molecular weight is 491 g/mol. The number of carbonyl (C=O) groups excluding carboxylic acids is 3. The highest BCUT2D eigenvalue weighted by Gasteiger charge is 2.33. The molecule has 0 aliphatic heterocycles. The molecule has 36 heavy (non-hydrogen) atoms. The maximum Gasteiger partial charge on any atom is 0.338 e. The van der Waals surface area contributed by atoms with Crippen molar-refractivity contribution in [2.75, 3.05) is 6.61 Å². The highest BCUT2D eigenvalue weighted by atomic mass is 16.6. The first-order valence-electron chi connectivity index (χ1n) is 11.6. The lowest BCUT2D eigenvalue weighted by molar-refractivity contribution is -0.0906. The van der Waals surface area contributed by atoms with Gasteiger partial charge < -0.3 is 19.3 Å². The van der Waals surface area contributed by atoms with E-state index in [0.717, 1.165) is 16.7 Å². The molecule has 188 valence electrons. The third-order valence-electron chi connectivity index (χ3n) is 5.62. The van der Waals surface area contributed by atoms with E-state index in [4.69, 9.17) is 14.2 Å². The molecule has 0 saturated heterocycles. The second-order valence-corrected chi connectivity index (χ2v) is 8.74. The second-order valence-electron chi connectivity index (χ2n) is 8.74. The lowest BCUT2D eigenvalue weighted by atomic mass is 10.1. The predicted molar refractivity (Wildman–Crippen MR) is 134 cm³/mol. The van der Waals surface area contributed by atoms with Gasteiger partial charge in [0.05, 0.1) is 16.7 Å². The minimum absolute atomic E-state index is 0.270. The zero-order chi connectivity index (χ0) is 26.2. The third-order valence-corrected chi connectivity index (χ3v) is 5.62. The van der Waals surface area contributed by atoms with E-state index in [1.165, 1.54) is 6.92 Å². The average Bonchev–Trinajstić information content (AvgIpc) is 2.86. The van der Waals surface area contributed by atoms with Gasteiger partial charge in [-0.05, 0) is 64.1 Å². The molecule has 0 amide bonds. The number of esters is 3. The third kappa shape index (κ3) is 7.26. The van der Waals surface area contributed by atoms with Crippen molar-refractivity contribution in [2.45, 2.75) is 46.0 Å². The number of hydrogen-bond donors (Lipinski definition) is 1. The molecule has 0 fully saturated rings. The van der Waals surface area contributed by atoms with Crippen LogP contribution in [0.3, 0.4) is 0 Å². The summed E-state index contributed by atoms with van der Waals surface area (Å²) >= 11 is 0. The van der Waals surface area contributed by atoms with Crippen LogP contribution in [0.4, 0.5) is 0 Å². The molecule has 1 N–H and O–H groups in total. The SMILES string of the molecule is Cc1ccc(C(=O)OC[C@H](O)[C@H](OC(=O)c2ccc(C)cc2)[C@H](C)OC(=O)c2ccc(C)cc2)cc1. The highest BCUT2D eigenvalue weighted by Crippen LogP contribution is 2.17. The van der Waals surface area contributed by atoms with Gasteiger partial charge in [-0.15, -0.1) is 0 Å². The van der Waals surface area contributed by atoms with Gasteiger partial charge >= 0.3 is 17.9 Å². The summed E-state index contributed by atoms with van der Waals surface area (Å²) in [5, 5.41) is 10.8. The standard InChI is InChI=1S/C29H30O7/c1-18-5-11-22(12-6-18)27(31)34-17-25(30)26(36-29(33)24-15-9-20(3)10-16-24)21(4)35-28(32)23-13-7-19(2)8-14-23/h5-16,21,25-26,30H,17H2,1-4H3/t21-,25-,26+/m0/s1. The Kier molecular flexibility index (Phi) is 8.97. The lowest BCUT2D eigenvalue weighted by Gasteiger charge is -2.28. The number of aliphatic hydroxyl groups is 1. The topological polar surface area (TPSA) is 99.1 Å². The van der Waals surface area contributed by atoms with E-state index in [1.54, 1.807) is 72.8 Å². The van der Waals surface area contributed by atoms with Gasteiger partial charge in [-0.1, -0.05) is 53.1 Å². The van der Waals surface area contributed by atoms with Crippen LogP contribution in [0.5, 0.6) is 0 Å². The molecule has 0 spiro atoms. The summed E-state index contributed by atoms with van der Waals surface area (Å²) in [6.07, 6.45) is -3.78. The molecule has 0 heterocycles. The Morgan fingerprint density at radius 2 is 1.00 bits per heavy atom. The van der Waals surface area contributed by atoms with Crippen LogP contribution in [-0.4, -0.2) is 47.9 Å². The number of aliphatic hydroxyl groups excluding tert-OH is 1. The summed E-state index contributed by atoms with van der Waals surface area (Å²) in [6, 6.07) is 20.3. The number of aryl methyl sites for hydroxylation is 3. The summed E-state index contributed by atoms with van der Waals surface area (Å²) in [7, 11) is 0. The van der Waals surface area contributed by atoms with Crippen LogP contribution < -0.4 is 0 Å². The smallest absolute Gasteiger partial charge is 0.338 e. The number of rotatable bonds is 9. The van der Waals surface area contributed by atoms with Gasteiger partial charge in [0.1, 0.15) is 18.8 Å². The maximum absolute atomic E-state index is 12.8. The molecule has 7 nitrogen and oxygen atoms in total. The van der Waals surface area contributed by atoms with E-state index < -0.39 is 42.8 Å². The molecule has 0 aromatic heterocycles. The van der Waals surface area contributed by atoms with Crippen LogP contribution in [-0.2, 0) is 14.2 Å². The molecule has 3 aromatic rings. The Balaban J connectivity index is 1.73. The fraction of sp³-hybridized carbons (Fsp3) is 0.276. The van der Waals surface area contributed by atoms with E-state index in [2.05, 4.69) is 0 Å². The monoisotopic (exact) mass is 490 g/mol. The van der Waals surface area contributed by atoms with E-state index in [0.29, 0.717) is 11.1 Å². The first kappa shape index (κ1) is 26.6. The van der Waals surface area contributed by atoms with Crippen molar-refractivity contribution < 1.29 is 33.7 Å². The fourth-order valence-electron chi connectivity index (χ4n) is 3.39. The van der Waals surface area contributed by atoms with Crippen LogP contribution in [0.1, 0.15) is 54.7 Å². The Labute approximate surface area is 210 Å². The van der Waals surface area contributed by atoms with E-state index >= 15 is 0 Å². The van der Waals surface area contributed by atoms with Gasteiger partial charge in [-0.2, -0.15) is 0 Å². The molecule has 3 aromatic carbocycles. The molecular formula is C29H30O7. The zero-order valence-electron chi connectivity index (χ0n) is 20.8. The predicted octanol–water partition coefficient (Wildman–Crippen LogP) is 4.60. The van der Waals surface area contributed by atoms with Gasteiger partial charge in [0, 0.05) is 0 Å². The Hall–Kier alpha value is -3.97. The quantitative estimate of drug-likeness (QED) is 0.346. The highest BCUT2D eigenvalue weighted by molar-refractivity contribution is 5.91. The molecule has 0 aliphatic carbocycles. The van der Waals surface area contributed by atoms with Crippen molar-refractivity contribution in [1.82, 2.24) is 0 Å². The number of carbonyl (C=O) groups is 3. The second kappa shape index (κ2) is 12.1. The van der Waals surface area contributed by atoms with Crippen LogP contribution in [0, 0.1) is 20.8 Å². The van der Waals surface area contributed by atoms with Gasteiger partial charge in [-0.25, -0.2) is 14.4 Å². The van der Waals surface area contributed by atoms with Crippen molar-refractivity contribution in [3.05, 3.63) is 106 Å². The summed E-state index contributed by atoms with van der Waals surface area (Å²) in [6.45, 7) is 6.71. The number of hydrogen-bond acceptors (Lipinski definition) is 7. The lowest BCUT2D eigenvalue weighted by Crippen LogP contribution is -2.44. The largest absolute Gasteiger partial charge is 0.459 e. The van der Waals surface area contributed by atoms with E-state index in [9.17, 15) is 19.5 Å². The molecule has 7 heteroatoms. The molecule has 0 aliphatic rings. The van der Waals surface area contributed by atoms with Crippen LogP contribution in [0.25, 0.3) is 0 Å². The number of benzene rings is 3. The molecule has 3 rings (SSSR count). The van der Waals surface area contributed by atoms with Crippen LogP contribution in [0.2, 0.25) is 0 Å². The maximum atomic E-state index is 12.8. The van der Waals surface area contributed by atoms with Crippen molar-refractivity contribution in [2.24, 2.45) is 0 Å². The molecule has 0 unspecified atom stereocenters. The van der Waals surface area contributed by atoms with Gasteiger partial charge in [-0.3, -0.25) is 0 Å². The van der Waals surface area contributed by atoms with Crippen molar-refractivity contribution in [3.8, 4) is 0 Å². The minimum Gasteiger partial charge on any atom is -0.459 e. The van der Waals surface area contributed by atoms with Crippen molar-refractivity contribution in [3.63, 3.8) is 0 Å². The Morgan fingerprint density at radius 3 is 1.42 bits per heavy atom. The summed E-state index contributed by atoms with van der Waals surface area (Å²) in [5.41, 5.74) is 3.84. The Bertz CT molecular complexity index is 1180. The zero-order valence-corrected chi connectivity index (χ0v) is 20.8. The van der Waals surface area contributed by atoms with E-state index in [-0.39, 0.29) is 5.56 Å². The first-order chi connectivity index (χ1) is 17.1.